The van der Waals surface area contributed by atoms with Crippen molar-refractivity contribution in [1.29, 1.82) is 0 Å². The number of carbonyl (C=O) groups excluding carboxylic acids is 2. The van der Waals surface area contributed by atoms with Gasteiger partial charge in [-0.25, -0.2) is 13.1 Å². The minimum Gasteiger partial charge on any atom is -0.497 e. The highest BCUT2D eigenvalue weighted by atomic mass is 32.2. The fourth-order valence-corrected chi connectivity index (χ4v) is 5.20. The first-order chi connectivity index (χ1) is 15.2. The van der Waals surface area contributed by atoms with Gasteiger partial charge >= 0.3 is 5.97 Å². The van der Waals surface area contributed by atoms with Crippen molar-refractivity contribution < 1.29 is 27.5 Å². The number of aryl methyl sites for hydroxylation is 1. The SMILES string of the molecule is CCOC(=O)CC(NS(=O)(=O)c1ccc(N2CCCC2=O)cc1C)c1cccc(OC)c1. The second-order valence-electron chi connectivity index (χ2n) is 7.56. The molecular formula is C23H28N2O6S. The molecule has 0 radical (unpaired) electrons. The lowest BCUT2D eigenvalue weighted by Gasteiger charge is -2.21. The molecule has 1 atom stereocenters. The number of nitrogens with one attached hydrogen (secondary N) is 1. The fourth-order valence-electron chi connectivity index (χ4n) is 3.75. The highest BCUT2D eigenvalue weighted by Gasteiger charge is 2.27. The molecule has 1 amide bonds. The number of methoxy groups -OCH3 is 1. The summed E-state index contributed by atoms with van der Waals surface area (Å²) < 4.78 is 39.4. The summed E-state index contributed by atoms with van der Waals surface area (Å²) in [6, 6.07) is 10.9. The zero-order valence-electron chi connectivity index (χ0n) is 18.5. The summed E-state index contributed by atoms with van der Waals surface area (Å²) in [5.74, 6) is 0.0691. The summed E-state index contributed by atoms with van der Waals surface area (Å²) in [5.41, 5.74) is 1.77. The molecule has 9 heteroatoms. The molecule has 1 aliphatic heterocycles. The Morgan fingerprint density at radius 2 is 2.00 bits per heavy atom. The summed E-state index contributed by atoms with van der Waals surface area (Å²) in [6.07, 6.45) is 1.12. The van der Waals surface area contributed by atoms with Gasteiger partial charge in [0.1, 0.15) is 5.75 Å². The van der Waals surface area contributed by atoms with Crippen LogP contribution in [0.2, 0.25) is 0 Å². The number of anilines is 1. The van der Waals surface area contributed by atoms with Gasteiger partial charge < -0.3 is 14.4 Å². The van der Waals surface area contributed by atoms with Crippen LogP contribution in [0.5, 0.6) is 5.75 Å². The van der Waals surface area contributed by atoms with Gasteiger partial charge in [-0.15, -0.1) is 0 Å². The van der Waals surface area contributed by atoms with Gasteiger partial charge in [0, 0.05) is 18.7 Å². The highest BCUT2D eigenvalue weighted by molar-refractivity contribution is 7.89. The van der Waals surface area contributed by atoms with Crippen LogP contribution in [0, 0.1) is 6.92 Å². The molecule has 3 rings (SSSR count). The maximum atomic E-state index is 13.3. The Hall–Kier alpha value is -2.91. The average Bonchev–Trinajstić information content (AvgIpc) is 3.19. The number of nitrogens with zero attached hydrogens (tertiary/aromatic N) is 1. The number of ether oxygens (including phenoxy) is 2. The standard InChI is InChI=1S/C23H28N2O6S/c1-4-31-23(27)15-20(17-7-5-8-19(14-17)30-3)24-32(28,29)21-11-10-18(13-16(21)2)25-12-6-9-22(25)26/h5,7-8,10-11,13-14,20,24H,4,6,9,12,15H2,1-3H3. The van der Waals surface area contributed by atoms with Crippen molar-refractivity contribution in [2.24, 2.45) is 0 Å². The summed E-state index contributed by atoms with van der Waals surface area (Å²) in [4.78, 5) is 25.9. The van der Waals surface area contributed by atoms with E-state index in [-0.39, 0.29) is 23.8 Å². The molecule has 1 aliphatic rings. The van der Waals surface area contributed by atoms with Crippen molar-refractivity contribution in [3.8, 4) is 5.75 Å². The van der Waals surface area contributed by atoms with E-state index in [1.807, 2.05) is 0 Å². The largest absolute Gasteiger partial charge is 0.497 e. The van der Waals surface area contributed by atoms with Gasteiger partial charge in [0.2, 0.25) is 15.9 Å². The van der Waals surface area contributed by atoms with E-state index in [0.29, 0.717) is 35.5 Å². The second-order valence-corrected chi connectivity index (χ2v) is 9.24. The van der Waals surface area contributed by atoms with Crippen molar-refractivity contribution in [2.75, 3.05) is 25.2 Å². The van der Waals surface area contributed by atoms with Crippen LogP contribution in [0.4, 0.5) is 5.69 Å². The molecule has 172 valence electrons. The first-order valence-corrected chi connectivity index (χ1v) is 12.0. The molecule has 0 saturated carbocycles. The van der Waals surface area contributed by atoms with Crippen molar-refractivity contribution >= 4 is 27.6 Å². The molecule has 8 nitrogen and oxygen atoms in total. The van der Waals surface area contributed by atoms with Crippen molar-refractivity contribution in [3.63, 3.8) is 0 Å². The summed E-state index contributed by atoms with van der Waals surface area (Å²) >= 11 is 0. The maximum absolute atomic E-state index is 13.3. The van der Waals surface area contributed by atoms with Crippen LogP contribution in [0.25, 0.3) is 0 Å². The minimum atomic E-state index is -3.97. The van der Waals surface area contributed by atoms with Crippen molar-refractivity contribution in [1.82, 2.24) is 4.72 Å². The number of esters is 1. The lowest BCUT2D eigenvalue weighted by Crippen LogP contribution is -2.31. The van der Waals surface area contributed by atoms with E-state index in [0.717, 1.165) is 6.42 Å². The van der Waals surface area contributed by atoms with Crippen LogP contribution < -0.4 is 14.4 Å². The lowest BCUT2D eigenvalue weighted by molar-refractivity contribution is -0.143. The van der Waals surface area contributed by atoms with E-state index in [2.05, 4.69) is 4.72 Å². The average molecular weight is 461 g/mol. The van der Waals surface area contributed by atoms with Gasteiger partial charge in [0.25, 0.3) is 0 Å². The predicted octanol–water partition coefficient (Wildman–Crippen LogP) is 3.10. The van der Waals surface area contributed by atoms with Crippen LogP contribution in [0.1, 0.15) is 43.4 Å². The Kier molecular flexibility index (Phi) is 7.52. The van der Waals surface area contributed by atoms with Crippen LogP contribution >= 0.6 is 0 Å². The van der Waals surface area contributed by atoms with Gasteiger partial charge in [-0.1, -0.05) is 12.1 Å². The molecule has 2 aromatic rings. The van der Waals surface area contributed by atoms with Crippen molar-refractivity contribution in [2.45, 2.75) is 44.0 Å². The van der Waals surface area contributed by atoms with Crippen LogP contribution in [-0.2, 0) is 24.3 Å². The molecule has 32 heavy (non-hydrogen) atoms. The molecule has 1 unspecified atom stereocenters. The van der Waals surface area contributed by atoms with Crippen molar-refractivity contribution in [3.05, 3.63) is 53.6 Å². The zero-order chi connectivity index (χ0) is 23.3. The summed E-state index contributed by atoms with van der Waals surface area (Å²) in [6.45, 7) is 4.20. The smallest absolute Gasteiger partial charge is 0.307 e. The Morgan fingerprint density at radius 1 is 1.22 bits per heavy atom. The first kappa shape index (κ1) is 23.7. The molecule has 0 spiro atoms. The Balaban J connectivity index is 1.90. The molecule has 2 aromatic carbocycles. The third-order valence-corrected chi connectivity index (χ3v) is 6.93. The molecule has 0 aromatic heterocycles. The molecule has 0 bridgehead atoms. The third-order valence-electron chi connectivity index (χ3n) is 5.30. The number of carbonyl (C=O) groups is 2. The zero-order valence-corrected chi connectivity index (χ0v) is 19.3. The van der Waals surface area contributed by atoms with E-state index >= 15 is 0 Å². The number of sulfonamides is 1. The van der Waals surface area contributed by atoms with E-state index in [9.17, 15) is 18.0 Å². The Bertz CT molecular complexity index is 1100. The summed E-state index contributed by atoms with van der Waals surface area (Å²) in [7, 11) is -2.46. The van der Waals surface area contributed by atoms with E-state index in [4.69, 9.17) is 9.47 Å². The quantitative estimate of drug-likeness (QED) is 0.577. The Labute approximate surface area is 188 Å². The second kappa shape index (κ2) is 10.1. The van der Waals surface area contributed by atoms with Gasteiger partial charge in [0.05, 0.1) is 31.1 Å². The van der Waals surface area contributed by atoms with Gasteiger partial charge in [0.15, 0.2) is 0 Å². The number of benzene rings is 2. The molecule has 0 aliphatic carbocycles. The molecular weight excluding hydrogens is 432 g/mol. The van der Waals surface area contributed by atoms with Crippen LogP contribution in [0.15, 0.2) is 47.4 Å². The van der Waals surface area contributed by atoms with Gasteiger partial charge in [-0.05, 0) is 61.7 Å². The highest BCUT2D eigenvalue weighted by Crippen LogP contribution is 2.28. The van der Waals surface area contributed by atoms with E-state index < -0.39 is 22.0 Å². The number of amides is 1. The number of rotatable bonds is 9. The first-order valence-electron chi connectivity index (χ1n) is 10.5. The third kappa shape index (κ3) is 5.46. The lowest BCUT2D eigenvalue weighted by atomic mass is 10.0. The van der Waals surface area contributed by atoms with Gasteiger partial charge in [-0.2, -0.15) is 0 Å². The van der Waals surface area contributed by atoms with Crippen LogP contribution in [0.3, 0.4) is 0 Å². The Morgan fingerprint density at radius 3 is 2.62 bits per heavy atom. The number of hydrogen-bond acceptors (Lipinski definition) is 6. The maximum Gasteiger partial charge on any atom is 0.307 e. The molecule has 1 fully saturated rings. The molecule has 1 N–H and O–H groups in total. The summed E-state index contributed by atoms with van der Waals surface area (Å²) in [5, 5.41) is 0. The molecule has 1 heterocycles. The minimum absolute atomic E-state index is 0.0330. The normalized spacial score (nSPS) is 15.0. The van der Waals surface area contributed by atoms with E-state index in [1.54, 1.807) is 55.1 Å². The predicted molar refractivity (Wildman–Crippen MR) is 120 cm³/mol. The fraction of sp³-hybridized carbons (Fsp3) is 0.391. The van der Waals surface area contributed by atoms with Crippen LogP contribution in [-0.4, -0.2) is 40.6 Å². The number of hydrogen-bond donors (Lipinski definition) is 1. The monoisotopic (exact) mass is 460 g/mol. The topological polar surface area (TPSA) is 102 Å². The molecule has 1 saturated heterocycles. The van der Waals surface area contributed by atoms with E-state index in [1.165, 1.54) is 13.2 Å². The van der Waals surface area contributed by atoms with Gasteiger partial charge in [-0.3, -0.25) is 9.59 Å².